The van der Waals surface area contributed by atoms with Crippen LogP contribution in [0, 0.1) is 10.1 Å². The van der Waals surface area contributed by atoms with Crippen molar-refractivity contribution in [1.29, 1.82) is 0 Å². The molecule has 0 spiro atoms. The van der Waals surface area contributed by atoms with Crippen LogP contribution in [-0.4, -0.2) is 30.9 Å². The Morgan fingerprint density at radius 3 is 2.37 bits per heavy atom. The number of hydrogen-bond donors (Lipinski definition) is 0. The van der Waals surface area contributed by atoms with E-state index < -0.39 is 14.9 Å². The topological polar surface area (TPSA) is 92.9 Å². The van der Waals surface area contributed by atoms with E-state index in [4.69, 9.17) is 11.6 Å². The summed E-state index contributed by atoms with van der Waals surface area (Å²) in [6, 6.07) is 19.8. The minimum absolute atomic E-state index is 0.0475. The molecule has 0 saturated carbocycles. The highest BCUT2D eigenvalue weighted by molar-refractivity contribution is 7.89. The average Bonchev–Trinajstić information content (AvgIpc) is 2.74. The lowest BCUT2D eigenvalue weighted by atomic mass is 10.2. The monoisotopic (exact) mass is 443 g/mol. The molecule has 3 aromatic carbocycles. The Kier molecular flexibility index (Phi) is 6.61. The first kappa shape index (κ1) is 21.6. The molecule has 0 bridgehead atoms. The van der Waals surface area contributed by atoms with Crippen molar-refractivity contribution in [2.75, 3.05) is 7.05 Å². The number of benzene rings is 3. The first-order valence-corrected chi connectivity index (χ1v) is 10.7. The van der Waals surface area contributed by atoms with Gasteiger partial charge in [0, 0.05) is 25.9 Å². The number of sulfonamides is 1. The van der Waals surface area contributed by atoms with Crippen molar-refractivity contribution in [2.45, 2.75) is 11.4 Å². The lowest BCUT2D eigenvalue weighted by molar-refractivity contribution is -0.384. The molecule has 0 heterocycles. The molecule has 9 heteroatoms. The molecule has 7 nitrogen and oxygen atoms in total. The Morgan fingerprint density at radius 1 is 1.07 bits per heavy atom. The Bertz CT molecular complexity index is 1180. The zero-order valence-corrected chi connectivity index (χ0v) is 17.5. The fourth-order valence-corrected chi connectivity index (χ4v) is 4.05. The number of nitrogens with zero attached hydrogens (tertiary/aromatic N) is 3. The number of rotatable bonds is 7. The first-order valence-electron chi connectivity index (χ1n) is 8.86. The van der Waals surface area contributed by atoms with Gasteiger partial charge in [-0.3, -0.25) is 15.1 Å². The van der Waals surface area contributed by atoms with Crippen LogP contribution in [0.25, 0.3) is 0 Å². The minimum atomic E-state index is -3.65. The molecule has 0 unspecified atom stereocenters. The first-order chi connectivity index (χ1) is 14.3. The highest BCUT2D eigenvalue weighted by Crippen LogP contribution is 2.25. The lowest BCUT2D eigenvalue weighted by Crippen LogP contribution is -2.26. The SMILES string of the molecule is CN(Cc1ccccc1)S(=O)(=O)c1ccc(N=Cc2ccc(Cl)c([N+](=O)[O-])c2)cc1. The maximum absolute atomic E-state index is 12.8. The van der Waals surface area contributed by atoms with Crippen molar-refractivity contribution in [1.82, 2.24) is 4.31 Å². The smallest absolute Gasteiger partial charge is 0.258 e. The van der Waals surface area contributed by atoms with Gasteiger partial charge in [-0.25, -0.2) is 8.42 Å². The zero-order chi connectivity index (χ0) is 21.7. The van der Waals surface area contributed by atoms with Gasteiger partial charge in [-0.15, -0.1) is 0 Å². The van der Waals surface area contributed by atoms with E-state index in [1.54, 1.807) is 18.2 Å². The van der Waals surface area contributed by atoms with Gasteiger partial charge < -0.3 is 0 Å². The van der Waals surface area contributed by atoms with Gasteiger partial charge in [-0.2, -0.15) is 4.31 Å². The number of nitro benzene ring substituents is 1. The molecule has 30 heavy (non-hydrogen) atoms. The van der Waals surface area contributed by atoms with E-state index in [9.17, 15) is 18.5 Å². The van der Waals surface area contributed by atoms with Gasteiger partial charge in [0.15, 0.2) is 0 Å². The van der Waals surface area contributed by atoms with Crippen LogP contribution in [-0.2, 0) is 16.6 Å². The molecular weight excluding hydrogens is 426 g/mol. The maximum atomic E-state index is 12.8. The minimum Gasteiger partial charge on any atom is -0.258 e. The van der Waals surface area contributed by atoms with Gasteiger partial charge >= 0.3 is 0 Å². The van der Waals surface area contributed by atoms with Crippen LogP contribution in [0.5, 0.6) is 0 Å². The van der Waals surface area contributed by atoms with E-state index in [-0.39, 0.29) is 22.2 Å². The van der Waals surface area contributed by atoms with Crippen molar-refractivity contribution < 1.29 is 13.3 Å². The Labute approximate surface area is 179 Å². The third-order valence-electron chi connectivity index (χ3n) is 4.32. The van der Waals surface area contributed by atoms with E-state index >= 15 is 0 Å². The molecule has 0 saturated heterocycles. The van der Waals surface area contributed by atoms with Crippen molar-refractivity contribution in [2.24, 2.45) is 4.99 Å². The third-order valence-corrected chi connectivity index (χ3v) is 6.46. The number of nitro groups is 1. The molecule has 0 aromatic heterocycles. The molecule has 0 aliphatic carbocycles. The van der Waals surface area contributed by atoms with E-state index in [2.05, 4.69) is 4.99 Å². The summed E-state index contributed by atoms with van der Waals surface area (Å²) in [4.78, 5) is 14.8. The van der Waals surface area contributed by atoms with E-state index in [0.717, 1.165) is 5.56 Å². The van der Waals surface area contributed by atoms with Crippen LogP contribution in [0.3, 0.4) is 0 Å². The Morgan fingerprint density at radius 2 is 1.73 bits per heavy atom. The molecule has 0 fully saturated rings. The highest BCUT2D eigenvalue weighted by Gasteiger charge is 2.20. The summed E-state index contributed by atoms with van der Waals surface area (Å²) in [5, 5.41) is 11.0. The summed E-state index contributed by atoms with van der Waals surface area (Å²) < 4.78 is 26.8. The van der Waals surface area contributed by atoms with Crippen molar-refractivity contribution >= 4 is 39.2 Å². The van der Waals surface area contributed by atoms with E-state index in [1.807, 2.05) is 30.3 Å². The number of hydrogen-bond acceptors (Lipinski definition) is 5. The molecule has 0 radical (unpaired) electrons. The van der Waals surface area contributed by atoms with Crippen LogP contribution in [0.2, 0.25) is 5.02 Å². The summed E-state index contributed by atoms with van der Waals surface area (Å²) in [5.74, 6) is 0. The van der Waals surface area contributed by atoms with E-state index in [0.29, 0.717) is 11.3 Å². The number of aliphatic imine (C=N–C) groups is 1. The third kappa shape index (κ3) is 5.10. The van der Waals surface area contributed by atoms with Crippen LogP contribution in [0.1, 0.15) is 11.1 Å². The Balaban J connectivity index is 1.75. The largest absolute Gasteiger partial charge is 0.288 e. The van der Waals surface area contributed by atoms with Gasteiger partial charge in [0.1, 0.15) is 5.02 Å². The predicted octanol–water partition coefficient (Wildman–Crippen LogP) is 4.82. The zero-order valence-electron chi connectivity index (χ0n) is 16.0. The summed E-state index contributed by atoms with van der Waals surface area (Å²) in [6.07, 6.45) is 1.45. The Hall–Kier alpha value is -3.07. The van der Waals surface area contributed by atoms with Crippen molar-refractivity contribution in [3.05, 3.63) is 99.1 Å². The fourth-order valence-electron chi connectivity index (χ4n) is 2.71. The molecule has 0 N–H and O–H groups in total. The molecule has 3 aromatic rings. The molecule has 3 rings (SSSR count). The van der Waals surface area contributed by atoms with Gasteiger partial charge in [0.05, 0.1) is 15.5 Å². The average molecular weight is 444 g/mol. The predicted molar refractivity (Wildman–Crippen MR) is 117 cm³/mol. The molecule has 0 aliphatic heterocycles. The number of halogens is 1. The summed E-state index contributed by atoms with van der Waals surface area (Å²) >= 11 is 5.80. The standard InChI is InChI=1S/C21H18ClN3O4S/c1-24(15-16-5-3-2-4-6-16)30(28,29)19-10-8-18(9-11-19)23-14-17-7-12-20(22)21(13-17)25(26)27/h2-14H,15H2,1H3. The van der Waals surface area contributed by atoms with Gasteiger partial charge in [0.25, 0.3) is 5.69 Å². The highest BCUT2D eigenvalue weighted by atomic mass is 35.5. The molecule has 154 valence electrons. The second-order valence-corrected chi connectivity index (χ2v) is 8.92. The molecule has 0 atom stereocenters. The van der Waals surface area contributed by atoms with Crippen LogP contribution in [0.4, 0.5) is 11.4 Å². The lowest BCUT2D eigenvalue weighted by Gasteiger charge is -2.17. The van der Waals surface area contributed by atoms with Crippen LogP contribution in [0.15, 0.2) is 82.7 Å². The van der Waals surface area contributed by atoms with Crippen molar-refractivity contribution in [3.63, 3.8) is 0 Å². The second kappa shape index (κ2) is 9.17. The van der Waals surface area contributed by atoms with Gasteiger partial charge in [-0.1, -0.05) is 48.0 Å². The van der Waals surface area contributed by atoms with Gasteiger partial charge in [0.2, 0.25) is 10.0 Å². The summed E-state index contributed by atoms with van der Waals surface area (Å²) in [7, 11) is -2.12. The van der Waals surface area contributed by atoms with Gasteiger partial charge in [-0.05, 0) is 41.5 Å². The quantitative estimate of drug-likeness (QED) is 0.297. The van der Waals surface area contributed by atoms with Crippen LogP contribution >= 0.6 is 11.6 Å². The van der Waals surface area contributed by atoms with Crippen molar-refractivity contribution in [3.8, 4) is 0 Å². The molecular formula is C21H18ClN3O4S. The summed E-state index contributed by atoms with van der Waals surface area (Å²) in [5.41, 5.74) is 1.70. The fraction of sp³-hybridized carbons (Fsp3) is 0.0952. The van der Waals surface area contributed by atoms with Crippen LogP contribution < -0.4 is 0 Å². The summed E-state index contributed by atoms with van der Waals surface area (Å²) in [6.45, 7) is 0.262. The van der Waals surface area contributed by atoms with E-state index in [1.165, 1.54) is 41.8 Å². The normalized spacial score (nSPS) is 11.8. The molecule has 0 amide bonds. The second-order valence-electron chi connectivity index (χ2n) is 6.47. The maximum Gasteiger partial charge on any atom is 0.288 e. The molecule has 0 aliphatic rings.